The van der Waals surface area contributed by atoms with Gasteiger partial charge in [0.2, 0.25) is 5.95 Å². The first kappa shape index (κ1) is 18.5. The van der Waals surface area contributed by atoms with Crippen LogP contribution in [0.3, 0.4) is 0 Å². The van der Waals surface area contributed by atoms with Crippen molar-refractivity contribution in [1.82, 2.24) is 9.97 Å². The summed E-state index contributed by atoms with van der Waals surface area (Å²) in [5.74, 6) is 2.69. The Balaban J connectivity index is 1.55. The molecule has 1 aromatic heterocycles. The van der Waals surface area contributed by atoms with Crippen molar-refractivity contribution in [2.75, 3.05) is 37.0 Å². The Labute approximate surface area is 166 Å². The van der Waals surface area contributed by atoms with Crippen molar-refractivity contribution in [3.63, 3.8) is 0 Å². The van der Waals surface area contributed by atoms with Crippen LogP contribution >= 0.6 is 0 Å². The van der Waals surface area contributed by atoms with Crippen LogP contribution in [-0.4, -0.2) is 36.7 Å². The van der Waals surface area contributed by atoms with Crippen LogP contribution in [0.5, 0.6) is 5.75 Å². The summed E-state index contributed by atoms with van der Waals surface area (Å²) >= 11 is 0. The van der Waals surface area contributed by atoms with Crippen LogP contribution in [-0.2, 0) is 6.42 Å². The summed E-state index contributed by atoms with van der Waals surface area (Å²) in [7, 11) is 1.71. The van der Waals surface area contributed by atoms with E-state index in [2.05, 4.69) is 34.5 Å². The maximum atomic E-state index is 5.45. The molecule has 1 aliphatic heterocycles. The second-order valence-corrected chi connectivity index (χ2v) is 7.28. The SMILES string of the molecule is COc1ccccc1CCNc1nc(N2CCCCCC2)c2ccccc2n1. The fourth-order valence-electron chi connectivity index (χ4n) is 3.88. The van der Waals surface area contributed by atoms with E-state index < -0.39 is 0 Å². The van der Waals surface area contributed by atoms with Crippen LogP contribution in [0.15, 0.2) is 48.5 Å². The number of hydrogen-bond donors (Lipinski definition) is 1. The topological polar surface area (TPSA) is 50.3 Å². The third-order valence-corrected chi connectivity index (χ3v) is 5.36. The Bertz CT molecular complexity index is 919. The monoisotopic (exact) mass is 376 g/mol. The number of hydrogen-bond acceptors (Lipinski definition) is 5. The Morgan fingerprint density at radius 2 is 1.68 bits per heavy atom. The number of para-hydroxylation sites is 2. The third-order valence-electron chi connectivity index (χ3n) is 5.36. The lowest BCUT2D eigenvalue weighted by atomic mass is 10.1. The van der Waals surface area contributed by atoms with Crippen molar-refractivity contribution in [3.05, 3.63) is 54.1 Å². The Morgan fingerprint density at radius 3 is 2.50 bits per heavy atom. The third kappa shape index (κ3) is 4.19. The molecule has 1 saturated heterocycles. The molecular weight excluding hydrogens is 348 g/mol. The fraction of sp³-hybridized carbons (Fsp3) is 0.391. The zero-order valence-corrected chi connectivity index (χ0v) is 16.5. The van der Waals surface area contributed by atoms with Gasteiger partial charge in [-0.2, -0.15) is 4.98 Å². The highest BCUT2D eigenvalue weighted by molar-refractivity contribution is 5.90. The molecule has 4 rings (SSSR count). The van der Waals surface area contributed by atoms with Gasteiger partial charge in [-0.25, -0.2) is 4.98 Å². The highest BCUT2D eigenvalue weighted by atomic mass is 16.5. The molecule has 0 radical (unpaired) electrons. The molecule has 1 aliphatic rings. The van der Waals surface area contributed by atoms with E-state index in [1.165, 1.54) is 31.2 Å². The first-order valence-electron chi connectivity index (χ1n) is 10.2. The molecule has 5 nitrogen and oxygen atoms in total. The number of ether oxygens (including phenoxy) is 1. The van der Waals surface area contributed by atoms with E-state index in [4.69, 9.17) is 14.7 Å². The summed E-state index contributed by atoms with van der Waals surface area (Å²) in [4.78, 5) is 12.1. The summed E-state index contributed by atoms with van der Waals surface area (Å²) < 4.78 is 5.45. The van der Waals surface area contributed by atoms with E-state index in [1.54, 1.807) is 7.11 Å². The van der Waals surface area contributed by atoms with Gasteiger partial charge in [-0.3, -0.25) is 0 Å². The van der Waals surface area contributed by atoms with Gasteiger partial charge in [-0.15, -0.1) is 0 Å². The molecular formula is C23H28N4O. The van der Waals surface area contributed by atoms with Crippen molar-refractivity contribution in [2.45, 2.75) is 32.1 Å². The maximum absolute atomic E-state index is 5.45. The minimum atomic E-state index is 0.702. The molecule has 5 heteroatoms. The van der Waals surface area contributed by atoms with Crippen molar-refractivity contribution in [3.8, 4) is 5.75 Å². The van der Waals surface area contributed by atoms with E-state index in [0.717, 1.165) is 48.5 Å². The zero-order chi connectivity index (χ0) is 19.2. The molecule has 0 unspecified atom stereocenters. The van der Waals surface area contributed by atoms with E-state index >= 15 is 0 Å². The summed E-state index contributed by atoms with van der Waals surface area (Å²) in [6, 6.07) is 16.5. The van der Waals surface area contributed by atoms with E-state index in [9.17, 15) is 0 Å². The lowest BCUT2D eigenvalue weighted by molar-refractivity contribution is 0.410. The lowest BCUT2D eigenvalue weighted by Gasteiger charge is -2.23. The van der Waals surface area contributed by atoms with Crippen molar-refractivity contribution < 1.29 is 4.74 Å². The molecule has 0 bridgehead atoms. The second kappa shape index (κ2) is 8.91. The highest BCUT2D eigenvalue weighted by Crippen LogP contribution is 2.27. The smallest absolute Gasteiger partial charge is 0.225 e. The molecule has 1 N–H and O–H groups in total. The zero-order valence-electron chi connectivity index (χ0n) is 16.5. The van der Waals surface area contributed by atoms with Crippen LogP contribution in [0.1, 0.15) is 31.2 Å². The standard InChI is InChI=1S/C23H28N4O/c1-28-21-13-7-4-10-18(21)14-15-24-23-25-20-12-6-5-11-19(20)22(26-23)27-16-8-2-3-9-17-27/h4-7,10-13H,2-3,8-9,14-17H2,1H3,(H,24,25,26). The molecule has 28 heavy (non-hydrogen) atoms. The average Bonchev–Trinajstić information content (AvgIpc) is 3.03. The van der Waals surface area contributed by atoms with Gasteiger partial charge in [0, 0.05) is 25.0 Å². The van der Waals surface area contributed by atoms with E-state index in [1.807, 2.05) is 24.3 Å². The normalized spacial score (nSPS) is 14.7. The van der Waals surface area contributed by atoms with Gasteiger partial charge in [-0.1, -0.05) is 43.2 Å². The van der Waals surface area contributed by atoms with Crippen LogP contribution in [0, 0.1) is 0 Å². The Hall–Kier alpha value is -2.82. The number of nitrogens with one attached hydrogen (secondary N) is 1. The number of aromatic nitrogens is 2. The molecule has 0 amide bonds. The summed E-state index contributed by atoms with van der Waals surface area (Å²) in [6.07, 6.45) is 5.94. The van der Waals surface area contributed by atoms with Gasteiger partial charge < -0.3 is 15.0 Å². The molecule has 3 aromatic rings. The maximum Gasteiger partial charge on any atom is 0.225 e. The number of fused-ring (bicyclic) bond motifs is 1. The van der Waals surface area contributed by atoms with Gasteiger partial charge in [0.1, 0.15) is 11.6 Å². The minimum absolute atomic E-state index is 0.702. The summed E-state index contributed by atoms with van der Waals surface area (Å²) in [5.41, 5.74) is 2.18. The Morgan fingerprint density at radius 1 is 0.929 bits per heavy atom. The second-order valence-electron chi connectivity index (χ2n) is 7.28. The fourth-order valence-corrected chi connectivity index (χ4v) is 3.88. The average molecular weight is 377 g/mol. The molecule has 146 valence electrons. The Kier molecular flexibility index (Phi) is 5.90. The van der Waals surface area contributed by atoms with Crippen molar-refractivity contribution in [1.29, 1.82) is 0 Å². The van der Waals surface area contributed by atoms with Gasteiger partial charge in [0.25, 0.3) is 0 Å². The van der Waals surface area contributed by atoms with Crippen molar-refractivity contribution >= 4 is 22.7 Å². The molecule has 0 atom stereocenters. The predicted molar refractivity (Wildman–Crippen MR) is 115 cm³/mol. The van der Waals surface area contributed by atoms with Crippen LogP contribution in [0.4, 0.5) is 11.8 Å². The number of nitrogens with zero attached hydrogens (tertiary/aromatic N) is 3. The van der Waals surface area contributed by atoms with E-state index in [-0.39, 0.29) is 0 Å². The largest absolute Gasteiger partial charge is 0.496 e. The number of methoxy groups -OCH3 is 1. The summed E-state index contributed by atoms with van der Waals surface area (Å²) in [6.45, 7) is 2.90. The van der Waals surface area contributed by atoms with Gasteiger partial charge >= 0.3 is 0 Å². The van der Waals surface area contributed by atoms with Gasteiger partial charge in [0.05, 0.1) is 12.6 Å². The minimum Gasteiger partial charge on any atom is -0.496 e. The van der Waals surface area contributed by atoms with Gasteiger partial charge in [-0.05, 0) is 43.0 Å². The molecule has 2 heterocycles. The quantitative estimate of drug-likeness (QED) is 0.677. The number of anilines is 2. The van der Waals surface area contributed by atoms with Crippen LogP contribution < -0.4 is 15.0 Å². The van der Waals surface area contributed by atoms with Gasteiger partial charge in [0.15, 0.2) is 0 Å². The molecule has 0 aliphatic carbocycles. The molecule has 0 spiro atoms. The lowest BCUT2D eigenvalue weighted by Crippen LogP contribution is -2.25. The summed E-state index contributed by atoms with van der Waals surface area (Å²) in [5, 5.41) is 4.57. The first-order valence-corrected chi connectivity index (χ1v) is 10.2. The highest BCUT2D eigenvalue weighted by Gasteiger charge is 2.16. The van der Waals surface area contributed by atoms with Crippen LogP contribution in [0.2, 0.25) is 0 Å². The van der Waals surface area contributed by atoms with Crippen LogP contribution in [0.25, 0.3) is 10.9 Å². The molecule has 0 saturated carbocycles. The van der Waals surface area contributed by atoms with E-state index in [0.29, 0.717) is 5.95 Å². The van der Waals surface area contributed by atoms with Crippen molar-refractivity contribution in [2.24, 2.45) is 0 Å². The first-order chi connectivity index (χ1) is 13.8. The molecule has 2 aromatic carbocycles. The predicted octanol–water partition coefficient (Wildman–Crippen LogP) is 4.67. The number of rotatable bonds is 6. The molecule has 1 fully saturated rings. The number of benzene rings is 2.